The van der Waals surface area contributed by atoms with Crippen molar-refractivity contribution in [3.8, 4) is 0 Å². The van der Waals surface area contributed by atoms with Crippen LogP contribution < -0.4 is 0 Å². The second-order valence-corrected chi connectivity index (χ2v) is 3.35. The molecule has 0 atom stereocenters. The topological polar surface area (TPSA) is 0 Å². The molecule has 0 aliphatic heterocycles. The van der Waals surface area contributed by atoms with E-state index in [1.54, 1.807) is 0 Å². The summed E-state index contributed by atoms with van der Waals surface area (Å²) in [7, 11) is 3.47. The molecule has 10 heavy (non-hydrogen) atoms. The van der Waals surface area contributed by atoms with Crippen LogP contribution in [0.2, 0.25) is 0 Å². The van der Waals surface area contributed by atoms with Crippen LogP contribution in [0.25, 0.3) is 0 Å². The van der Waals surface area contributed by atoms with Gasteiger partial charge in [0, 0.05) is 0 Å². The van der Waals surface area contributed by atoms with Crippen LogP contribution in [-0.4, -0.2) is 5.29 Å². The van der Waals surface area contributed by atoms with E-state index in [1.807, 2.05) is 13.0 Å². The quantitative estimate of drug-likeness (QED) is 0.432. The maximum atomic E-state index is 3.47. The molecule has 0 saturated carbocycles. The first kappa shape index (κ1) is 9.65. The highest BCUT2D eigenvalue weighted by atomic mass is 31.0. The van der Waals surface area contributed by atoms with Gasteiger partial charge in [0.1, 0.15) is 0 Å². The molecule has 0 nitrogen and oxygen atoms in total. The van der Waals surface area contributed by atoms with Crippen molar-refractivity contribution in [2.24, 2.45) is 0 Å². The van der Waals surface area contributed by atoms with Crippen molar-refractivity contribution in [3.05, 3.63) is 23.8 Å². The van der Waals surface area contributed by atoms with Gasteiger partial charge in [-0.2, -0.15) is 0 Å². The van der Waals surface area contributed by atoms with E-state index >= 15 is 0 Å². The SMILES string of the molecule is C/C=C\C=C(/C)CC(C)=P. The summed E-state index contributed by atoms with van der Waals surface area (Å²) in [5, 5.41) is 1.28. The van der Waals surface area contributed by atoms with Crippen molar-refractivity contribution in [3.63, 3.8) is 0 Å². The second-order valence-electron chi connectivity index (χ2n) is 2.50. The molecule has 0 fully saturated rings. The fraction of sp³-hybridized carbons (Fsp3) is 0.444. The highest BCUT2D eigenvalue weighted by molar-refractivity contribution is 7.20. The standard InChI is InChI=1S/C9H15P/c1-4-5-6-8(2)7-9(3)10/h4-6,10H,7H2,1-3H3/b5-4-,8-6+. The first-order valence-corrected chi connectivity index (χ1v) is 3.99. The molecular weight excluding hydrogens is 139 g/mol. The summed E-state index contributed by atoms with van der Waals surface area (Å²) in [5.74, 6) is 0. The van der Waals surface area contributed by atoms with Gasteiger partial charge in [-0.25, -0.2) is 0 Å². The highest BCUT2D eigenvalue weighted by Gasteiger charge is 1.87. The summed E-state index contributed by atoms with van der Waals surface area (Å²) >= 11 is 0. The van der Waals surface area contributed by atoms with Crippen molar-refractivity contribution in [1.82, 2.24) is 0 Å². The molecule has 0 aliphatic carbocycles. The lowest BCUT2D eigenvalue weighted by Gasteiger charge is -1.95. The molecule has 0 spiro atoms. The van der Waals surface area contributed by atoms with Gasteiger partial charge in [0.2, 0.25) is 0 Å². The van der Waals surface area contributed by atoms with Gasteiger partial charge in [-0.05, 0) is 32.5 Å². The average Bonchev–Trinajstić information content (AvgIpc) is 1.82. The third-order valence-electron chi connectivity index (χ3n) is 1.12. The molecule has 56 valence electrons. The summed E-state index contributed by atoms with van der Waals surface area (Å²) in [5.41, 5.74) is 1.38. The molecule has 0 aromatic heterocycles. The Kier molecular flexibility index (Phi) is 5.25. The van der Waals surface area contributed by atoms with E-state index in [9.17, 15) is 0 Å². The molecule has 1 heteroatoms. The van der Waals surface area contributed by atoms with E-state index in [0.717, 1.165) is 6.42 Å². The fourth-order valence-electron chi connectivity index (χ4n) is 0.738. The first-order chi connectivity index (χ1) is 4.66. The molecule has 0 N–H and O–H groups in total. The Hall–Kier alpha value is -0.350. The predicted octanol–water partition coefficient (Wildman–Crippen LogP) is 3.23. The number of rotatable bonds is 3. The lowest BCUT2D eigenvalue weighted by molar-refractivity contribution is 1.27. The number of hydrogen-bond donors (Lipinski definition) is 0. The van der Waals surface area contributed by atoms with E-state index in [-0.39, 0.29) is 0 Å². The maximum Gasteiger partial charge on any atom is -0.00700 e. The minimum Gasteiger partial charge on any atom is -0.123 e. The minimum atomic E-state index is 1.04. The summed E-state index contributed by atoms with van der Waals surface area (Å²) < 4.78 is 0. The third-order valence-corrected chi connectivity index (χ3v) is 1.29. The van der Waals surface area contributed by atoms with Crippen molar-refractivity contribution in [2.45, 2.75) is 27.2 Å². The van der Waals surface area contributed by atoms with Gasteiger partial charge in [0.05, 0.1) is 0 Å². The van der Waals surface area contributed by atoms with Crippen LogP contribution in [0, 0.1) is 0 Å². The monoisotopic (exact) mass is 154 g/mol. The zero-order valence-electron chi connectivity index (χ0n) is 6.94. The van der Waals surface area contributed by atoms with Crippen molar-refractivity contribution in [1.29, 1.82) is 0 Å². The molecule has 0 unspecified atom stereocenters. The van der Waals surface area contributed by atoms with Crippen molar-refractivity contribution in [2.75, 3.05) is 0 Å². The minimum absolute atomic E-state index is 1.04. The van der Waals surface area contributed by atoms with Gasteiger partial charge in [-0.15, -0.1) is 8.86 Å². The Morgan fingerprint density at radius 3 is 2.40 bits per heavy atom. The molecule has 0 aliphatic rings. The Morgan fingerprint density at radius 1 is 1.40 bits per heavy atom. The first-order valence-electron chi connectivity index (χ1n) is 3.49. The number of allylic oxidation sites excluding steroid dienone is 4. The van der Waals surface area contributed by atoms with E-state index < -0.39 is 0 Å². The van der Waals surface area contributed by atoms with Crippen LogP contribution in [0.3, 0.4) is 0 Å². The van der Waals surface area contributed by atoms with Gasteiger partial charge in [-0.1, -0.05) is 23.8 Å². The molecule has 0 aromatic carbocycles. The summed E-state index contributed by atoms with van der Waals surface area (Å²) in [6, 6.07) is 0. The van der Waals surface area contributed by atoms with Crippen LogP contribution in [0.5, 0.6) is 0 Å². The maximum absolute atomic E-state index is 3.47. The third kappa shape index (κ3) is 5.78. The zero-order valence-corrected chi connectivity index (χ0v) is 7.94. The summed E-state index contributed by atoms with van der Waals surface area (Å²) in [4.78, 5) is 0. The van der Waals surface area contributed by atoms with Crippen LogP contribution >= 0.6 is 8.86 Å². The summed E-state index contributed by atoms with van der Waals surface area (Å²) in [6.45, 7) is 6.22. The highest BCUT2D eigenvalue weighted by Crippen LogP contribution is 2.02. The Balaban J connectivity index is 3.82. The van der Waals surface area contributed by atoms with Crippen molar-refractivity contribution < 1.29 is 0 Å². The summed E-state index contributed by atoms with van der Waals surface area (Å²) in [6.07, 6.45) is 7.27. The van der Waals surface area contributed by atoms with Crippen molar-refractivity contribution >= 4 is 14.2 Å². The average molecular weight is 154 g/mol. The molecule has 0 saturated heterocycles. The molecule has 0 heterocycles. The Labute approximate surface area is 65.9 Å². The van der Waals surface area contributed by atoms with Gasteiger partial charge in [-0.3, -0.25) is 0 Å². The van der Waals surface area contributed by atoms with Crippen LogP contribution in [0.4, 0.5) is 0 Å². The smallest absolute Gasteiger partial charge is 0.00700 e. The molecule has 0 aromatic rings. The Bertz CT molecular complexity index is 164. The van der Waals surface area contributed by atoms with E-state index in [1.165, 1.54) is 10.9 Å². The van der Waals surface area contributed by atoms with Gasteiger partial charge >= 0.3 is 0 Å². The van der Waals surface area contributed by atoms with Gasteiger partial charge in [0.25, 0.3) is 0 Å². The van der Waals surface area contributed by atoms with E-state index in [4.69, 9.17) is 0 Å². The van der Waals surface area contributed by atoms with Gasteiger partial charge in [0.15, 0.2) is 0 Å². The molecular formula is C9H15P. The molecule has 0 amide bonds. The lowest BCUT2D eigenvalue weighted by Crippen LogP contribution is -1.85. The van der Waals surface area contributed by atoms with Crippen LogP contribution in [0.15, 0.2) is 23.8 Å². The van der Waals surface area contributed by atoms with Gasteiger partial charge < -0.3 is 0 Å². The van der Waals surface area contributed by atoms with E-state index in [0.29, 0.717) is 0 Å². The second kappa shape index (κ2) is 5.44. The number of hydrogen-bond acceptors (Lipinski definition) is 0. The van der Waals surface area contributed by atoms with Crippen LogP contribution in [-0.2, 0) is 0 Å². The zero-order chi connectivity index (χ0) is 7.98. The molecule has 0 rings (SSSR count). The Morgan fingerprint density at radius 2 is 2.00 bits per heavy atom. The fourth-order valence-corrected chi connectivity index (χ4v) is 1.02. The predicted molar refractivity (Wildman–Crippen MR) is 52.2 cm³/mol. The molecule has 0 bridgehead atoms. The lowest BCUT2D eigenvalue weighted by atomic mass is 10.1. The largest absolute Gasteiger partial charge is 0.123 e. The molecule has 0 radical (unpaired) electrons. The van der Waals surface area contributed by atoms with E-state index in [2.05, 4.69) is 34.9 Å². The normalized spacial score (nSPS) is 12.5. The van der Waals surface area contributed by atoms with Crippen LogP contribution in [0.1, 0.15) is 27.2 Å².